The molecule has 26 heavy (non-hydrogen) atoms. The lowest BCUT2D eigenvalue weighted by Crippen LogP contribution is -2.38. The maximum Gasteiger partial charge on any atom is 0.254 e. The maximum absolute atomic E-state index is 13.1. The summed E-state index contributed by atoms with van der Waals surface area (Å²) in [5.41, 5.74) is 1.42. The van der Waals surface area contributed by atoms with E-state index in [-0.39, 0.29) is 16.8 Å². The number of rotatable bonds is 7. The first-order valence-corrected chi connectivity index (χ1v) is 10.1. The largest absolute Gasteiger partial charge is 0.332 e. The van der Waals surface area contributed by atoms with E-state index in [2.05, 4.69) is 0 Å². The Balaban J connectivity index is 2.37. The third kappa shape index (κ3) is 4.51. The standard InChI is InChI=1S/C20H26N2O3S/c1-5-16(2)22(15-17-10-7-6-8-11-17)20(23)18-12-9-13-19(14-18)26(24,25)21(3)4/h6-14,16H,5,15H2,1-4H3. The van der Waals surface area contributed by atoms with Crippen molar-refractivity contribution in [1.82, 2.24) is 9.21 Å². The van der Waals surface area contributed by atoms with Gasteiger partial charge in [-0.05, 0) is 37.1 Å². The van der Waals surface area contributed by atoms with Gasteiger partial charge >= 0.3 is 0 Å². The summed E-state index contributed by atoms with van der Waals surface area (Å²) in [4.78, 5) is 15.0. The van der Waals surface area contributed by atoms with Crippen LogP contribution in [0.3, 0.4) is 0 Å². The van der Waals surface area contributed by atoms with E-state index in [4.69, 9.17) is 0 Å². The van der Waals surface area contributed by atoms with Crippen molar-refractivity contribution in [2.24, 2.45) is 0 Å². The Morgan fingerprint density at radius 2 is 1.69 bits per heavy atom. The topological polar surface area (TPSA) is 57.7 Å². The molecular weight excluding hydrogens is 348 g/mol. The van der Waals surface area contributed by atoms with Gasteiger partial charge in [0.15, 0.2) is 0 Å². The molecule has 0 aliphatic carbocycles. The second kappa shape index (κ2) is 8.47. The van der Waals surface area contributed by atoms with E-state index >= 15 is 0 Å². The quantitative estimate of drug-likeness (QED) is 0.746. The van der Waals surface area contributed by atoms with Crippen LogP contribution >= 0.6 is 0 Å². The predicted molar refractivity (Wildman–Crippen MR) is 103 cm³/mol. The number of benzene rings is 2. The fourth-order valence-corrected chi connectivity index (χ4v) is 3.54. The predicted octanol–water partition coefficient (Wildman–Crippen LogP) is 3.38. The van der Waals surface area contributed by atoms with Crippen molar-refractivity contribution in [1.29, 1.82) is 0 Å². The van der Waals surface area contributed by atoms with Crippen molar-refractivity contribution in [2.45, 2.75) is 37.8 Å². The van der Waals surface area contributed by atoms with Crippen LogP contribution in [0.15, 0.2) is 59.5 Å². The van der Waals surface area contributed by atoms with Gasteiger partial charge in [0.05, 0.1) is 4.90 Å². The van der Waals surface area contributed by atoms with Gasteiger partial charge in [0, 0.05) is 32.2 Å². The van der Waals surface area contributed by atoms with E-state index in [9.17, 15) is 13.2 Å². The summed E-state index contributed by atoms with van der Waals surface area (Å²) in [6.07, 6.45) is 0.814. The van der Waals surface area contributed by atoms with Crippen LogP contribution in [-0.4, -0.2) is 43.7 Å². The second-order valence-corrected chi connectivity index (χ2v) is 8.64. The number of sulfonamides is 1. The molecule has 0 N–H and O–H groups in total. The van der Waals surface area contributed by atoms with Crippen LogP contribution in [-0.2, 0) is 16.6 Å². The second-order valence-electron chi connectivity index (χ2n) is 6.49. The average Bonchev–Trinajstić information content (AvgIpc) is 2.65. The van der Waals surface area contributed by atoms with E-state index < -0.39 is 10.0 Å². The minimum atomic E-state index is -3.58. The monoisotopic (exact) mass is 374 g/mol. The molecule has 1 atom stereocenters. The molecule has 0 heterocycles. The first kappa shape index (κ1) is 20.1. The minimum absolute atomic E-state index is 0.0387. The highest BCUT2D eigenvalue weighted by atomic mass is 32.2. The van der Waals surface area contributed by atoms with Crippen LogP contribution in [0.5, 0.6) is 0 Å². The summed E-state index contributed by atoms with van der Waals surface area (Å²) >= 11 is 0. The van der Waals surface area contributed by atoms with Gasteiger partial charge in [-0.3, -0.25) is 4.79 Å². The smallest absolute Gasteiger partial charge is 0.254 e. The Morgan fingerprint density at radius 3 is 2.27 bits per heavy atom. The molecule has 0 saturated carbocycles. The lowest BCUT2D eigenvalue weighted by molar-refractivity contribution is 0.0671. The fraction of sp³-hybridized carbons (Fsp3) is 0.350. The Labute approximate surface area is 156 Å². The van der Waals surface area contributed by atoms with Crippen LogP contribution < -0.4 is 0 Å². The fourth-order valence-electron chi connectivity index (χ4n) is 2.59. The summed E-state index contributed by atoms with van der Waals surface area (Å²) in [6.45, 7) is 4.52. The van der Waals surface area contributed by atoms with Gasteiger partial charge in [-0.2, -0.15) is 0 Å². The first-order chi connectivity index (χ1) is 12.3. The van der Waals surface area contributed by atoms with Gasteiger partial charge in [-0.1, -0.05) is 43.3 Å². The number of hydrogen-bond acceptors (Lipinski definition) is 3. The minimum Gasteiger partial charge on any atom is -0.332 e. The Bertz CT molecular complexity index is 848. The third-order valence-corrected chi connectivity index (χ3v) is 6.25. The molecular formula is C20H26N2O3S. The van der Waals surface area contributed by atoms with Crippen LogP contribution in [0.25, 0.3) is 0 Å². The Morgan fingerprint density at radius 1 is 1.04 bits per heavy atom. The Hall–Kier alpha value is -2.18. The van der Waals surface area contributed by atoms with Crippen LogP contribution in [0.4, 0.5) is 0 Å². The Kier molecular flexibility index (Phi) is 6.56. The van der Waals surface area contributed by atoms with Crippen LogP contribution in [0.2, 0.25) is 0 Å². The lowest BCUT2D eigenvalue weighted by atomic mass is 10.1. The summed E-state index contributed by atoms with van der Waals surface area (Å²) in [5.74, 6) is -0.168. The summed E-state index contributed by atoms with van der Waals surface area (Å²) in [7, 11) is -0.627. The normalized spacial score (nSPS) is 12.8. The molecule has 2 rings (SSSR count). The van der Waals surface area contributed by atoms with Gasteiger partial charge in [-0.25, -0.2) is 12.7 Å². The molecule has 1 amide bonds. The SMILES string of the molecule is CCC(C)N(Cc1ccccc1)C(=O)c1cccc(S(=O)(=O)N(C)C)c1. The van der Waals surface area contributed by atoms with Crippen molar-refractivity contribution in [3.63, 3.8) is 0 Å². The molecule has 0 aromatic heterocycles. The van der Waals surface area contributed by atoms with Crippen molar-refractivity contribution in [3.8, 4) is 0 Å². The molecule has 2 aromatic carbocycles. The van der Waals surface area contributed by atoms with Crippen molar-refractivity contribution < 1.29 is 13.2 Å². The molecule has 140 valence electrons. The zero-order valence-electron chi connectivity index (χ0n) is 15.7. The van der Waals surface area contributed by atoms with Gasteiger partial charge < -0.3 is 4.90 Å². The zero-order valence-corrected chi connectivity index (χ0v) is 16.5. The van der Waals surface area contributed by atoms with E-state index in [0.717, 1.165) is 16.3 Å². The molecule has 5 nitrogen and oxygen atoms in total. The van der Waals surface area contributed by atoms with Crippen molar-refractivity contribution in [3.05, 3.63) is 65.7 Å². The highest BCUT2D eigenvalue weighted by Crippen LogP contribution is 2.19. The highest BCUT2D eigenvalue weighted by molar-refractivity contribution is 7.89. The maximum atomic E-state index is 13.1. The van der Waals surface area contributed by atoms with Gasteiger partial charge in [0.2, 0.25) is 10.0 Å². The highest BCUT2D eigenvalue weighted by Gasteiger charge is 2.23. The van der Waals surface area contributed by atoms with Gasteiger partial charge in [0.25, 0.3) is 5.91 Å². The molecule has 0 aliphatic rings. The average molecular weight is 375 g/mol. The number of nitrogens with zero attached hydrogens (tertiary/aromatic N) is 2. The van der Waals surface area contributed by atoms with Crippen LogP contribution in [0, 0.1) is 0 Å². The molecule has 0 fully saturated rings. The summed E-state index contributed by atoms with van der Waals surface area (Å²) in [6, 6.07) is 16.1. The molecule has 0 saturated heterocycles. The lowest BCUT2D eigenvalue weighted by Gasteiger charge is -2.29. The number of carbonyl (C=O) groups is 1. The first-order valence-electron chi connectivity index (χ1n) is 8.64. The third-order valence-electron chi connectivity index (χ3n) is 4.44. The molecule has 0 bridgehead atoms. The molecule has 0 aliphatic heterocycles. The number of carbonyl (C=O) groups excluding carboxylic acids is 1. The van der Waals surface area contributed by atoms with Crippen molar-refractivity contribution in [2.75, 3.05) is 14.1 Å². The molecule has 2 aromatic rings. The summed E-state index contributed by atoms with van der Waals surface area (Å²) < 4.78 is 25.9. The molecule has 0 spiro atoms. The van der Waals surface area contributed by atoms with E-state index in [1.165, 1.54) is 26.2 Å². The van der Waals surface area contributed by atoms with Crippen LogP contribution in [0.1, 0.15) is 36.2 Å². The molecule has 0 radical (unpaired) electrons. The number of hydrogen-bond donors (Lipinski definition) is 0. The zero-order chi connectivity index (χ0) is 19.3. The van der Waals surface area contributed by atoms with E-state index in [1.807, 2.05) is 44.2 Å². The molecule has 1 unspecified atom stereocenters. The number of amides is 1. The molecule has 6 heteroatoms. The summed E-state index contributed by atoms with van der Waals surface area (Å²) in [5, 5.41) is 0. The van der Waals surface area contributed by atoms with Gasteiger partial charge in [0.1, 0.15) is 0 Å². The van der Waals surface area contributed by atoms with E-state index in [0.29, 0.717) is 12.1 Å². The van der Waals surface area contributed by atoms with E-state index in [1.54, 1.807) is 17.0 Å². The van der Waals surface area contributed by atoms with Crippen molar-refractivity contribution >= 4 is 15.9 Å². The van der Waals surface area contributed by atoms with Gasteiger partial charge in [-0.15, -0.1) is 0 Å².